The highest BCUT2D eigenvalue weighted by Gasteiger charge is 2.13. The average molecular weight is 252 g/mol. The van der Waals surface area contributed by atoms with Gasteiger partial charge in [0.25, 0.3) is 0 Å². The number of nitrogens with one attached hydrogen (secondary N) is 1. The molecule has 17 heavy (non-hydrogen) atoms. The fourth-order valence-corrected chi connectivity index (χ4v) is 1.71. The van der Waals surface area contributed by atoms with Gasteiger partial charge >= 0.3 is 5.91 Å². The van der Waals surface area contributed by atoms with E-state index in [1.807, 2.05) is 13.0 Å². The summed E-state index contributed by atoms with van der Waals surface area (Å²) in [5.41, 5.74) is 3.20. The van der Waals surface area contributed by atoms with Crippen molar-refractivity contribution in [3.05, 3.63) is 46.7 Å². The number of carbonyl (C=O) groups is 1. The summed E-state index contributed by atoms with van der Waals surface area (Å²) in [6, 6.07) is 8.58. The second kappa shape index (κ2) is 4.61. The van der Waals surface area contributed by atoms with Gasteiger partial charge in [-0.1, -0.05) is 23.7 Å². The van der Waals surface area contributed by atoms with Crippen LogP contribution >= 0.6 is 11.6 Å². The van der Waals surface area contributed by atoms with Gasteiger partial charge < -0.3 is 4.42 Å². The van der Waals surface area contributed by atoms with Crippen molar-refractivity contribution in [2.24, 2.45) is 0 Å². The third-order valence-corrected chi connectivity index (χ3v) is 2.87. The number of halogens is 1. The lowest BCUT2D eigenvalue weighted by Gasteiger charge is -2.03. The molecular weight excluding hydrogens is 242 g/mol. The van der Waals surface area contributed by atoms with Crippen LogP contribution in [0.4, 0.5) is 0 Å². The molecule has 0 saturated heterocycles. The molecule has 1 aromatic heterocycles. The molecular formula is C12H10ClNO3. The van der Waals surface area contributed by atoms with E-state index in [-0.39, 0.29) is 5.76 Å². The second-order valence-corrected chi connectivity index (χ2v) is 3.92. The molecule has 4 nitrogen and oxygen atoms in total. The van der Waals surface area contributed by atoms with Gasteiger partial charge in [-0.15, -0.1) is 0 Å². The fraction of sp³-hybridized carbons (Fsp3) is 0.0833. The van der Waals surface area contributed by atoms with E-state index in [2.05, 4.69) is 0 Å². The van der Waals surface area contributed by atoms with Gasteiger partial charge in [0.1, 0.15) is 5.76 Å². The lowest BCUT2D eigenvalue weighted by molar-refractivity contribution is 0.0677. The van der Waals surface area contributed by atoms with Crippen molar-refractivity contribution in [2.75, 3.05) is 0 Å². The molecule has 0 unspecified atom stereocenters. The Kier molecular flexibility index (Phi) is 3.17. The normalized spacial score (nSPS) is 10.3. The van der Waals surface area contributed by atoms with Crippen LogP contribution in [0.15, 0.2) is 34.7 Å². The average Bonchev–Trinajstić information content (AvgIpc) is 2.81. The molecule has 1 heterocycles. The number of amides is 1. The van der Waals surface area contributed by atoms with Gasteiger partial charge in [-0.3, -0.25) is 10.0 Å². The Morgan fingerprint density at radius 1 is 1.35 bits per heavy atom. The van der Waals surface area contributed by atoms with E-state index < -0.39 is 5.91 Å². The smallest absolute Gasteiger partial charge is 0.310 e. The number of furan rings is 1. The van der Waals surface area contributed by atoms with Crippen molar-refractivity contribution >= 4 is 17.5 Å². The van der Waals surface area contributed by atoms with Gasteiger partial charge in [-0.25, -0.2) is 5.48 Å². The maximum absolute atomic E-state index is 11.1. The highest BCUT2D eigenvalue weighted by molar-refractivity contribution is 6.31. The number of benzene rings is 1. The second-order valence-electron chi connectivity index (χ2n) is 3.52. The van der Waals surface area contributed by atoms with Crippen LogP contribution in [-0.2, 0) is 0 Å². The summed E-state index contributed by atoms with van der Waals surface area (Å²) in [4.78, 5) is 11.1. The molecule has 0 radical (unpaired) electrons. The molecule has 0 aliphatic rings. The predicted molar refractivity (Wildman–Crippen MR) is 63.1 cm³/mol. The van der Waals surface area contributed by atoms with Crippen molar-refractivity contribution in [1.29, 1.82) is 0 Å². The van der Waals surface area contributed by atoms with E-state index in [1.165, 1.54) is 11.5 Å². The van der Waals surface area contributed by atoms with Crippen LogP contribution in [-0.4, -0.2) is 11.1 Å². The monoisotopic (exact) mass is 251 g/mol. The van der Waals surface area contributed by atoms with Crippen molar-refractivity contribution < 1.29 is 14.4 Å². The van der Waals surface area contributed by atoms with Crippen LogP contribution in [0.25, 0.3) is 11.3 Å². The Bertz CT molecular complexity index is 563. The lowest BCUT2D eigenvalue weighted by Crippen LogP contribution is -2.17. The van der Waals surface area contributed by atoms with Gasteiger partial charge in [-0.05, 0) is 30.7 Å². The topological polar surface area (TPSA) is 62.5 Å². The Morgan fingerprint density at radius 2 is 2.12 bits per heavy atom. The van der Waals surface area contributed by atoms with E-state index in [9.17, 15) is 4.79 Å². The summed E-state index contributed by atoms with van der Waals surface area (Å²) >= 11 is 6.00. The summed E-state index contributed by atoms with van der Waals surface area (Å²) in [5, 5.41) is 9.12. The van der Waals surface area contributed by atoms with E-state index >= 15 is 0 Å². The first kappa shape index (κ1) is 11.7. The third-order valence-electron chi connectivity index (χ3n) is 2.46. The van der Waals surface area contributed by atoms with Gasteiger partial charge in [-0.2, -0.15) is 0 Å². The van der Waals surface area contributed by atoms with Crippen molar-refractivity contribution in [3.8, 4) is 11.3 Å². The molecule has 88 valence electrons. The minimum absolute atomic E-state index is 0.0434. The van der Waals surface area contributed by atoms with Crippen LogP contribution in [0.2, 0.25) is 5.02 Å². The first-order chi connectivity index (χ1) is 8.13. The van der Waals surface area contributed by atoms with E-state index in [0.29, 0.717) is 10.8 Å². The van der Waals surface area contributed by atoms with Crippen LogP contribution < -0.4 is 5.48 Å². The molecule has 0 aliphatic carbocycles. The van der Waals surface area contributed by atoms with Crippen LogP contribution in [0, 0.1) is 6.92 Å². The summed E-state index contributed by atoms with van der Waals surface area (Å²) in [5.74, 6) is -0.110. The van der Waals surface area contributed by atoms with Crippen LogP contribution in [0.1, 0.15) is 16.1 Å². The maximum Gasteiger partial charge on any atom is 0.310 e. The zero-order valence-electron chi connectivity index (χ0n) is 9.03. The number of hydrogen-bond donors (Lipinski definition) is 2. The first-order valence-corrected chi connectivity index (χ1v) is 5.31. The predicted octanol–water partition coefficient (Wildman–Crippen LogP) is 3.03. The molecule has 2 aromatic rings. The van der Waals surface area contributed by atoms with E-state index in [4.69, 9.17) is 21.2 Å². The van der Waals surface area contributed by atoms with Crippen molar-refractivity contribution in [3.63, 3.8) is 0 Å². The molecule has 1 amide bonds. The van der Waals surface area contributed by atoms with Gasteiger partial charge in [0, 0.05) is 10.6 Å². The summed E-state index contributed by atoms with van der Waals surface area (Å²) in [6.07, 6.45) is 0. The molecule has 0 aliphatic heterocycles. The van der Waals surface area contributed by atoms with Crippen LogP contribution in [0.5, 0.6) is 0 Å². The minimum Gasteiger partial charge on any atom is -0.451 e. The molecule has 2 rings (SSSR count). The SMILES string of the molecule is Cc1c(Cl)cccc1-c1ccc(C(=O)NO)o1. The van der Waals surface area contributed by atoms with Gasteiger partial charge in [0.05, 0.1) is 0 Å². The fourth-order valence-electron chi connectivity index (χ4n) is 1.53. The molecule has 2 N–H and O–H groups in total. The highest BCUT2D eigenvalue weighted by Crippen LogP contribution is 2.29. The van der Waals surface area contributed by atoms with Crippen LogP contribution in [0.3, 0.4) is 0 Å². The number of rotatable bonds is 2. The minimum atomic E-state index is -0.684. The molecule has 0 spiro atoms. The van der Waals surface area contributed by atoms with Gasteiger partial charge in [0.2, 0.25) is 0 Å². The summed E-state index contributed by atoms with van der Waals surface area (Å²) in [7, 11) is 0. The number of hydrogen-bond acceptors (Lipinski definition) is 3. The van der Waals surface area contributed by atoms with Crippen molar-refractivity contribution in [2.45, 2.75) is 6.92 Å². The third kappa shape index (κ3) is 2.18. The summed E-state index contributed by atoms with van der Waals surface area (Å²) < 4.78 is 5.33. The Labute approximate surface area is 103 Å². The van der Waals surface area contributed by atoms with Gasteiger partial charge in [0.15, 0.2) is 5.76 Å². The quantitative estimate of drug-likeness (QED) is 0.637. The number of hydroxylamine groups is 1. The molecule has 1 aromatic carbocycles. The molecule has 0 bridgehead atoms. The van der Waals surface area contributed by atoms with E-state index in [0.717, 1.165) is 11.1 Å². The zero-order valence-corrected chi connectivity index (χ0v) is 9.78. The van der Waals surface area contributed by atoms with E-state index in [1.54, 1.807) is 18.2 Å². The summed E-state index contributed by atoms with van der Waals surface area (Å²) in [6.45, 7) is 1.87. The molecule has 0 fully saturated rings. The molecule has 0 atom stereocenters. The Morgan fingerprint density at radius 3 is 2.82 bits per heavy atom. The Balaban J connectivity index is 2.44. The first-order valence-electron chi connectivity index (χ1n) is 4.93. The van der Waals surface area contributed by atoms with Crippen molar-refractivity contribution in [1.82, 2.24) is 5.48 Å². The lowest BCUT2D eigenvalue weighted by atomic mass is 10.1. The zero-order chi connectivity index (χ0) is 12.4. The highest BCUT2D eigenvalue weighted by atomic mass is 35.5. The number of carbonyl (C=O) groups excluding carboxylic acids is 1. The largest absolute Gasteiger partial charge is 0.451 e. The standard InChI is InChI=1S/C12H10ClNO3/c1-7-8(3-2-4-9(7)13)10-5-6-11(17-10)12(15)14-16/h2-6,16H,1H3,(H,14,15). The maximum atomic E-state index is 11.1. The Hall–Kier alpha value is -1.78. The molecule has 0 saturated carbocycles. The molecule has 5 heteroatoms.